The van der Waals surface area contributed by atoms with Crippen LogP contribution in [-0.4, -0.2) is 32.2 Å². The molecule has 0 aliphatic carbocycles. The molecule has 2 heterocycles. The molecule has 0 bridgehead atoms. The van der Waals surface area contributed by atoms with Crippen LogP contribution in [0.5, 0.6) is 11.5 Å². The van der Waals surface area contributed by atoms with E-state index in [0.717, 1.165) is 49.4 Å². The lowest BCUT2D eigenvalue weighted by Crippen LogP contribution is -2.37. The minimum Gasteiger partial charge on any atom is -0.496 e. The molecule has 3 rings (SSSR count). The number of hydrogen-bond donors (Lipinski definition) is 2. The molecule has 0 radical (unpaired) electrons. The van der Waals surface area contributed by atoms with E-state index >= 15 is 0 Å². The van der Waals surface area contributed by atoms with Gasteiger partial charge < -0.3 is 20.1 Å². The first kappa shape index (κ1) is 17.9. The number of hydrogen-bond acceptors (Lipinski definition) is 4. The van der Waals surface area contributed by atoms with Crippen molar-refractivity contribution in [2.45, 2.75) is 38.8 Å². The number of amides is 1. The Bertz CT molecular complexity index is 559. The first-order valence-electron chi connectivity index (χ1n) is 8.02. The molecule has 0 spiro atoms. The zero-order valence-corrected chi connectivity index (χ0v) is 14.5. The van der Waals surface area contributed by atoms with Crippen LogP contribution in [0, 0.1) is 5.92 Å². The number of fused-ring (bicyclic) bond motifs is 1. The van der Waals surface area contributed by atoms with E-state index in [-0.39, 0.29) is 30.3 Å². The average molecular weight is 341 g/mol. The third-order valence-corrected chi connectivity index (χ3v) is 4.46. The van der Waals surface area contributed by atoms with Crippen LogP contribution in [-0.2, 0) is 17.8 Å². The third-order valence-electron chi connectivity index (χ3n) is 4.46. The van der Waals surface area contributed by atoms with Crippen LogP contribution in [0.3, 0.4) is 0 Å². The third kappa shape index (κ3) is 4.09. The fourth-order valence-electron chi connectivity index (χ4n) is 3.22. The molecule has 0 aromatic heterocycles. The normalized spacial score (nSPS) is 20.2. The molecule has 1 unspecified atom stereocenters. The first-order valence-corrected chi connectivity index (χ1v) is 8.02. The van der Waals surface area contributed by atoms with Gasteiger partial charge in [0.25, 0.3) is 0 Å². The van der Waals surface area contributed by atoms with E-state index in [1.807, 2.05) is 12.1 Å². The van der Waals surface area contributed by atoms with E-state index in [0.29, 0.717) is 6.54 Å². The predicted octanol–water partition coefficient (Wildman–Crippen LogP) is 2.06. The monoisotopic (exact) mass is 340 g/mol. The van der Waals surface area contributed by atoms with Crippen molar-refractivity contribution in [1.29, 1.82) is 0 Å². The van der Waals surface area contributed by atoms with Crippen LogP contribution < -0.4 is 20.1 Å². The lowest BCUT2D eigenvalue weighted by Gasteiger charge is -2.22. The molecule has 2 aliphatic heterocycles. The molecule has 6 heteroatoms. The van der Waals surface area contributed by atoms with Gasteiger partial charge >= 0.3 is 0 Å². The van der Waals surface area contributed by atoms with Crippen molar-refractivity contribution in [3.63, 3.8) is 0 Å². The summed E-state index contributed by atoms with van der Waals surface area (Å²) in [6.45, 7) is 4.39. The van der Waals surface area contributed by atoms with Gasteiger partial charge in [0.15, 0.2) is 0 Å². The number of nitrogens with one attached hydrogen (secondary N) is 2. The van der Waals surface area contributed by atoms with E-state index in [9.17, 15) is 4.79 Å². The van der Waals surface area contributed by atoms with E-state index in [1.54, 1.807) is 7.11 Å². The zero-order chi connectivity index (χ0) is 15.5. The van der Waals surface area contributed by atoms with Crippen LogP contribution in [0.25, 0.3) is 0 Å². The smallest absolute Gasteiger partial charge is 0.223 e. The molecule has 5 nitrogen and oxygen atoms in total. The van der Waals surface area contributed by atoms with E-state index in [2.05, 4.69) is 17.6 Å². The molecule has 1 aromatic carbocycles. The summed E-state index contributed by atoms with van der Waals surface area (Å²) >= 11 is 0. The Hall–Kier alpha value is -1.46. The van der Waals surface area contributed by atoms with Gasteiger partial charge in [0.1, 0.15) is 17.6 Å². The molecular weight excluding hydrogens is 316 g/mol. The summed E-state index contributed by atoms with van der Waals surface area (Å²) in [6, 6.07) is 4.03. The van der Waals surface area contributed by atoms with Gasteiger partial charge in [-0.2, -0.15) is 0 Å². The molecule has 2 N–H and O–H groups in total. The summed E-state index contributed by atoms with van der Waals surface area (Å²) in [4.78, 5) is 12.2. The summed E-state index contributed by atoms with van der Waals surface area (Å²) < 4.78 is 11.3. The van der Waals surface area contributed by atoms with E-state index < -0.39 is 0 Å². The maximum absolute atomic E-state index is 12.2. The second-order valence-electron chi connectivity index (χ2n) is 6.15. The molecule has 2 aliphatic rings. The largest absolute Gasteiger partial charge is 0.496 e. The van der Waals surface area contributed by atoms with Crippen molar-refractivity contribution in [2.24, 2.45) is 5.92 Å². The van der Waals surface area contributed by atoms with Crippen LogP contribution in [0.4, 0.5) is 0 Å². The SMILES string of the molecule is COc1cc2c(cc1CNC(=O)C1CCNCC1)OC(C)C2.Cl. The second kappa shape index (κ2) is 7.88. The fourth-order valence-corrected chi connectivity index (χ4v) is 3.22. The second-order valence-corrected chi connectivity index (χ2v) is 6.15. The van der Waals surface area contributed by atoms with Crippen LogP contribution in [0.1, 0.15) is 30.9 Å². The highest BCUT2D eigenvalue weighted by Gasteiger charge is 2.23. The number of piperidine rings is 1. The summed E-state index contributed by atoms with van der Waals surface area (Å²) in [7, 11) is 1.67. The van der Waals surface area contributed by atoms with Gasteiger partial charge in [0, 0.05) is 30.0 Å². The molecule has 1 amide bonds. The van der Waals surface area contributed by atoms with Gasteiger partial charge in [-0.1, -0.05) is 0 Å². The number of carbonyl (C=O) groups is 1. The number of halogens is 1. The molecule has 0 saturated carbocycles. The minimum absolute atomic E-state index is 0. The van der Waals surface area contributed by atoms with E-state index in [1.165, 1.54) is 5.56 Å². The maximum Gasteiger partial charge on any atom is 0.223 e. The van der Waals surface area contributed by atoms with Gasteiger partial charge in [-0.3, -0.25) is 4.79 Å². The van der Waals surface area contributed by atoms with Crippen molar-refractivity contribution < 1.29 is 14.3 Å². The topological polar surface area (TPSA) is 59.6 Å². The van der Waals surface area contributed by atoms with Gasteiger partial charge in [-0.15, -0.1) is 12.4 Å². The molecule has 1 fully saturated rings. The Kier molecular flexibility index (Phi) is 6.13. The quantitative estimate of drug-likeness (QED) is 0.880. The van der Waals surface area contributed by atoms with E-state index in [4.69, 9.17) is 9.47 Å². The number of carbonyl (C=O) groups excluding carboxylic acids is 1. The Morgan fingerprint density at radius 3 is 2.83 bits per heavy atom. The first-order chi connectivity index (χ1) is 10.7. The maximum atomic E-state index is 12.2. The summed E-state index contributed by atoms with van der Waals surface area (Å²) in [5.74, 6) is 2.00. The number of benzene rings is 1. The molecule has 1 saturated heterocycles. The summed E-state index contributed by atoms with van der Waals surface area (Å²) in [6.07, 6.45) is 2.94. The standard InChI is InChI=1S/C17H24N2O3.ClH/c1-11-7-13-8-15(21-2)14(9-16(13)22-11)10-19-17(20)12-3-5-18-6-4-12;/h8-9,11-12,18H,3-7,10H2,1-2H3,(H,19,20);1H. The molecule has 23 heavy (non-hydrogen) atoms. The van der Waals surface area contributed by atoms with Crippen LogP contribution in [0.15, 0.2) is 12.1 Å². The Balaban J connectivity index is 0.00000192. The van der Waals surface area contributed by atoms with Crippen LogP contribution in [0.2, 0.25) is 0 Å². The molecular formula is C17H25ClN2O3. The Labute approximate surface area is 143 Å². The van der Waals surface area contributed by atoms with Crippen molar-refractivity contribution in [3.05, 3.63) is 23.3 Å². The van der Waals surface area contributed by atoms with Gasteiger partial charge in [0.2, 0.25) is 5.91 Å². The zero-order valence-electron chi connectivity index (χ0n) is 13.7. The number of rotatable bonds is 4. The van der Waals surface area contributed by atoms with Gasteiger partial charge in [-0.05, 0) is 45.0 Å². The highest BCUT2D eigenvalue weighted by Crippen LogP contribution is 2.34. The van der Waals surface area contributed by atoms with Crippen molar-refractivity contribution in [1.82, 2.24) is 10.6 Å². The van der Waals surface area contributed by atoms with Crippen molar-refractivity contribution >= 4 is 18.3 Å². The lowest BCUT2D eigenvalue weighted by molar-refractivity contribution is -0.125. The minimum atomic E-state index is 0. The number of ether oxygens (including phenoxy) is 2. The average Bonchev–Trinajstić information content (AvgIpc) is 2.91. The fraction of sp³-hybridized carbons (Fsp3) is 0.588. The molecule has 1 atom stereocenters. The number of methoxy groups -OCH3 is 1. The van der Waals surface area contributed by atoms with Gasteiger partial charge in [0.05, 0.1) is 7.11 Å². The Morgan fingerprint density at radius 2 is 2.13 bits per heavy atom. The highest BCUT2D eigenvalue weighted by molar-refractivity contribution is 5.85. The van der Waals surface area contributed by atoms with Crippen LogP contribution >= 0.6 is 12.4 Å². The lowest BCUT2D eigenvalue weighted by atomic mass is 9.97. The van der Waals surface area contributed by atoms with Crippen molar-refractivity contribution in [2.75, 3.05) is 20.2 Å². The molecule has 128 valence electrons. The van der Waals surface area contributed by atoms with Gasteiger partial charge in [-0.25, -0.2) is 0 Å². The Morgan fingerprint density at radius 1 is 1.39 bits per heavy atom. The summed E-state index contributed by atoms with van der Waals surface area (Å²) in [5.41, 5.74) is 2.15. The highest BCUT2D eigenvalue weighted by atomic mass is 35.5. The van der Waals surface area contributed by atoms with Crippen molar-refractivity contribution in [3.8, 4) is 11.5 Å². The predicted molar refractivity (Wildman–Crippen MR) is 91.5 cm³/mol. The molecule has 1 aromatic rings. The summed E-state index contributed by atoms with van der Waals surface area (Å²) in [5, 5.41) is 6.32.